The summed E-state index contributed by atoms with van der Waals surface area (Å²) >= 11 is 3.10. The zero-order chi connectivity index (χ0) is 19.4. The number of benzene rings is 2. The van der Waals surface area contributed by atoms with Crippen molar-refractivity contribution in [1.29, 1.82) is 0 Å². The van der Waals surface area contributed by atoms with Gasteiger partial charge in [-0.05, 0) is 40.2 Å². The average molecular weight is 456 g/mol. The van der Waals surface area contributed by atoms with E-state index in [4.69, 9.17) is 9.15 Å². The molecule has 1 aliphatic rings. The minimum Gasteiger partial charge on any atom is -0.497 e. The summed E-state index contributed by atoms with van der Waals surface area (Å²) in [5, 5.41) is 0. The van der Waals surface area contributed by atoms with E-state index in [1.807, 2.05) is 0 Å². The van der Waals surface area contributed by atoms with E-state index in [1.54, 1.807) is 6.07 Å². The second-order valence-electron chi connectivity index (χ2n) is 5.80. The molecule has 2 aromatic carbocycles. The Balaban J connectivity index is 1.96. The van der Waals surface area contributed by atoms with Crippen LogP contribution in [0.3, 0.4) is 0 Å². The molecule has 1 aliphatic heterocycles. The average Bonchev–Trinajstić information content (AvgIpc) is 3.02. The maximum atomic E-state index is 15.3. The van der Waals surface area contributed by atoms with Crippen molar-refractivity contribution in [1.82, 2.24) is 0 Å². The molecule has 0 radical (unpaired) electrons. The third-order valence-electron chi connectivity index (χ3n) is 4.25. The predicted octanol–water partition coefficient (Wildman–Crippen LogP) is 4.98. The van der Waals surface area contributed by atoms with Crippen LogP contribution in [0.25, 0.3) is 11.3 Å². The normalized spacial score (nSPS) is 15.2. The Kier molecular flexibility index (Phi) is 4.04. The maximum absolute atomic E-state index is 15.3. The van der Waals surface area contributed by atoms with Crippen LogP contribution in [0, 0.1) is 0 Å². The van der Waals surface area contributed by atoms with Crippen LogP contribution >= 0.6 is 15.9 Å². The first-order valence-corrected chi connectivity index (χ1v) is 9.96. The van der Waals surface area contributed by atoms with Gasteiger partial charge in [0.05, 0.1) is 17.6 Å². The quantitative estimate of drug-likeness (QED) is 0.522. The number of hydrogen-bond donors (Lipinski definition) is 0. The number of nitrogens with zero attached hydrogens (tertiary/aromatic N) is 1. The smallest absolute Gasteiger partial charge is 0.366 e. The number of halogens is 3. The number of sulfonamides is 1. The molecule has 0 spiro atoms. The van der Waals surface area contributed by atoms with Crippen molar-refractivity contribution < 1.29 is 26.4 Å². The summed E-state index contributed by atoms with van der Waals surface area (Å²) in [6.07, 6.45) is 0. The van der Waals surface area contributed by atoms with Gasteiger partial charge in [0.1, 0.15) is 11.4 Å². The van der Waals surface area contributed by atoms with Crippen molar-refractivity contribution >= 4 is 31.6 Å². The molecule has 0 amide bonds. The SMILES string of the molecule is COc1ccc(S(=O)(=O)N2c3cc(Br)oc3-c3ccccc3C2(F)F)cc1. The summed E-state index contributed by atoms with van der Waals surface area (Å²) in [6.45, 7) is 0. The highest BCUT2D eigenvalue weighted by atomic mass is 79.9. The van der Waals surface area contributed by atoms with Crippen LogP contribution < -0.4 is 9.04 Å². The first kappa shape index (κ1) is 18.0. The summed E-state index contributed by atoms with van der Waals surface area (Å²) < 4.78 is 67.7. The topological polar surface area (TPSA) is 59.8 Å². The molecule has 3 aromatic rings. The largest absolute Gasteiger partial charge is 0.497 e. The van der Waals surface area contributed by atoms with Crippen molar-refractivity contribution in [2.45, 2.75) is 10.9 Å². The zero-order valence-corrected chi connectivity index (χ0v) is 16.2. The van der Waals surface area contributed by atoms with Gasteiger partial charge in [-0.1, -0.05) is 24.3 Å². The summed E-state index contributed by atoms with van der Waals surface area (Å²) in [4.78, 5) is -0.286. The van der Waals surface area contributed by atoms with E-state index >= 15 is 8.78 Å². The molecule has 0 fully saturated rings. The van der Waals surface area contributed by atoms with Gasteiger partial charge in [0.15, 0.2) is 10.4 Å². The highest BCUT2D eigenvalue weighted by Gasteiger charge is 2.53. The Bertz CT molecular complexity index is 1130. The van der Waals surface area contributed by atoms with E-state index in [2.05, 4.69) is 15.9 Å². The summed E-state index contributed by atoms with van der Waals surface area (Å²) in [5.41, 5.74) is -0.540. The van der Waals surface area contributed by atoms with Crippen LogP contribution in [-0.2, 0) is 16.1 Å². The van der Waals surface area contributed by atoms with E-state index in [9.17, 15) is 8.42 Å². The van der Waals surface area contributed by atoms with Gasteiger partial charge in [0.2, 0.25) is 0 Å². The molecule has 0 atom stereocenters. The van der Waals surface area contributed by atoms with E-state index in [1.165, 1.54) is 55.6 Å². The highest BCUT2D eigenvalue weighted by Crippen LogP contribution is 2.53. The minimum absolute atomic E-state index is 0.0560. The van der Waals surface area contributed by atoms with Gasteiger partial charge in [-0.3, -0.25) is 0 Å². The van der Waals surface area contributed by atoms with Gasteiger partial charge in [0.25, 0.3) is 10.0 Å². The molecule has 2 heterocycles. The number of furan rings is 1. The van der Waals surface area contributed by atoms with E-state index in [0.717, 1.165) is 0 Å². The molecule has 0 aliphatic carbocycles. The maximum Gasteiger partial charge on any atom is 0.366 e. The molecule has 4 rings (SSSR count). The van der Waals surface area contributed by atoms with Crippen molar-refractivity contribution in [3.8, 4) is 17.1 Å². The lowest BCUT2D eigenvalue weighted by molar-refractivity contribution is 0.00858. The standard InChI is InChI=1S/C18H12BrF2NO4S/c1-25-11-6-8-12(9-7-11)27(23,24)22-15-10-16(19)26-17(15)13-4-2-3-5-14(13)18(22,20)21/h2-10H,1H3. The van der Waals surface area contributed by atoms with E-state index in [-0.39, 0.29) is 30.9 Å². The second kappa shape index (κ2) is 6.07. The fourth-order valence-electron chi connectivity index (χ4n) is 3.03. The first-order chi connectivity index (χ1) is 12.8. The van der Waals surface area contributed by atoms with Crippen molar-refractivity contribution in [3.63, 3.8) is 0 Å². The van der Waals surface area contributed by atoms with E-state index < -0.39 is 21.6 Å². The third kappa shape index (κ3) is 2.64. The Morgan fingerprint density at radius 2 is 1.78 bits per heavy atom. The van der Waals surface area contributed by atoms with E-state index in [0.29, 0.717) is 5.75 Å². The van der Waals surface area contributed by atoms with Gasteiger partial charge in [-0.15, -0.1) is 0 Å². The molecular formula is C18H12BrF2NO4S. The van der Waals surface area contributed by atoms with Gasteiger partial charge >= 0.3 is 6.05 Å². The van der Waals surface area contributed by atoms with Gasteiger partial charge in [-0.25, -0.2) is 8.42 Å². The first-order valence-electron chi connectivity index (χ1n) is 7.73. The predicted molar refractivity (Wildman–Crippen MR) is 98.4 cm³/mol. The van der Waals surface area contributed by atoms with Crippen molar-refractivity contribution in [2.75, 3.05) is 11.4 Å². The highest BCUT2D eigenvalue weighted by molar-refractivity contribution is 9.10. The van der Waals surface area contributed by atoms with Crippen LogP contribution in [-0.4, -0.2) is 15.5 Å². The number of alkyl halides is 2. The molecule has 9 heteroatoms. The molecule has 0 saturated heterocycles. The molecule has 1 aromatic heterocycles. The van der Waals surface area contributed by atoms with Crippen molar-refractivity contribution in [2.24, 2.45) is 0 Å². The third-order valence-corrected chi connectivity index (χ3v) is 6.42. The van der Waals surface area contributed by atoms with Crippen molar-refractivity contribution in [3.05, 3.63) is 64.8 Å². The number of methoxy groups -OCH3 is 1. The Hall–Kier alpha value is -2.39. The van der Waals surface area contributed by atoms with Gasteiger partial charge in [-0.2, -0.15) is 13.1 Å². The number of fused-ring (bicyclic) bond motifs is 3. The number of ether oxygens (including phenoxy) is 1. The van der Waals surface area contributed by atoms with Crippen LogP contribution in [0.2, 0.25) is 0 Å². The lowest BCUT2D eigenvalue weighted by atomic mass is 9.99. The summed E-state index contributed by atoms with van der Waals surface area (Å²) in [7, 11) is -3.17. The van der Waals surface area contributed by atoms with Crippen LogP contribution in [0.5, 0.6) is 5.75 Å². The molecule has 0 saturated carbocycles. The second-order valence-corrected chi connectivity index (χ2v) is 8.36. The van der Waals surface area contributed by atoms with Crippen LogP contribution in [0.15, 0.2) is 68.6 Å². The monoisotopic (exact) mass is 455 g/mol. The lowest BCUT2D eigenvalue weighted by Gasteiger charge is -2.36. The molecule has 0 unspecified atom stereocenters. The summed E-state index contributed by atoms with van der Waals surface area (Å²) in [6, 6.07) is 8.33. The molecule has 0 N–H and O–H groups in total. The fourth-order valence-corrected chi connectivity index (χ4v) is 4.90. The number of rotatable bonds is 3. The molecule has 140 valence electrons. The van der Waals surface area contributed by atoms with Crippen LogP contribution in [0.4, 0.5) is 14.5 Å². The molecular weight excluding hydrogens is 444 g/mol. The Morgan fingerprint density at radius 1 is 1.11 bits per heavy atom. The Morgan fingerprint density at radius 3 is 2.44 bits per heavy atom. The molecule has 27 heavy (non-hydrogen) atoms. The van der Waals surface area contributed by atoms with Crippen LogP contribution in [0.1, 0.15) is 5.56 Å². The Labute approximate surface area is 162 Å². The zero-order valence-electron chi connectivity index (χ0n) is 13.8. The fraction of sp³-hybridized carbons (Fsp3) is 0.111. The van der Waals surface area contributed by atoms with Gasteiger partial charge in [0, 0.05) is 11.6 Å². The lowest BCUT2D eigenvalue weighted by Crippen LogP contribution is -2.46. The summed E-state index contributed by atoms with van der Waals surface area (Å²) in [5.74, 6) is 0.469. The number of hydrogen-bond acceptors (Lipinski definition) is 4. The minimum atomic E-state index is -4.59. The molecule has 0 bridgehead atoms. The van der Waals surface area contributed by atoms with Gasteiger partial charge < -0.3 is 9.15 Å². The number of anilines is 1. The molecule has 5 nitrogen and oxygen atoms in total.